The maximum absolute atomic E-state index is 13.0. The number of thioether (sulfide) groups is 1. The molecule has 0 saturated heterocycles. The number of nitrogens with one attached hydrogen (secondary N) is 2. The van der Waals surface area contributed by atoms with Crippen molar-refractivity contribution in [3.05, 3.63) is 81.4 Å². The van der Waals surface area contributed by atoms with Crippen molar-refractivity contribution in [1.29, 1.82) is 0 Å². The number of benzene rings is 2. The molecule has 0 fully saturated rings. The molecule has 1 atom stereocenters. The minimum absolute atomic E-state index is 0.0703. The summed E-state index contributed by atoms with van der Waals surface area (Å²) >= 11 is 1.29. The van der Waals surface area contributed by atoms with Crippen LogP contribution in [0.25, 0.3) is 0 Å². The summed E-state index contributed by atoms with van der Waals surface area (Å²) in [6.07, 6.45) is 0.100. The number of aromatic nitrogens is 2. The number of hydrogen-bond donors (Lipinski definition) is 3. The van der Waals surface area contributed by atoms with Crippen molar-refractivity contribution < 1.29 is 14.3 Å². The fourth-order valence-corrected chi connectivity index (χ4v) is 3.99. The number of aromatic amines is 1. The number of aromatic hydroxyl groups is 1. The van der Waals surface area contributed by atoms with Gasteiger partial charge in [-0.05, 0) is 35.4 Å². The van der Waals surface area contributed by atoms with E-state index < -0.39 is 5.92 Å². The number of phenols is 1. The Morgan fingerprint density at radius 2 is 1.96 bits per heavy atom. The zero-order chi connectivity index (χ0) is 19.7. The first-order valence-electron chi connectivity index (χ1n) is 8.60. The number of halogens is 1. The van der Waals surface area contributed by atoms with Gasteiger partial charge in [0, 0.05) is 18.1 Å². The molecular formula is C20H16FN3O3S. The van der Waals surface area contributed by atoms with Gasteiger partial charge in [-0.1, -0.05) is 36.0 Å². The molecule has 1 aromatic heterocycles. The average molecular weight is 397 g/mol. The second kappa shape index (κ2) is 7.47. The molecule has 3 aromatic rings. The number of nitrogens with zero attached hydrogens (tertiary/aromatic N) is 1. The predicted octanol–water partition coefficient (Wildman–Crippen LogP) is 3.38. The van der Waals surface area contributed by atoms with Crippen molar-refractivity contribution in [2.24, 2.45) is 0 Å². The van der Waals surface area contributed by atoms with E-state index in [1.54, 1.807) is 30.3 Å². The van der Waals surface area contributed by atoms with Gasteiger partial charge >= 0.3 is 0 Å². The summed E-state index contributed by atoms with van der Waals surface area (Å²) in [5, 5.41) is 12.8. The number of carbonyl (C=O) groups is 1. The lowest BCUT2D eigenvalue weighted by molar-refractivity contribution is -0.116. The van der Waals surface area contributed by atoms with E-state index in [1.165, 1.54) is 30.0 Å². The van der Waals surface area contributed by atoms with E-state index in [1.807, 2.05) is 0 Å². The second-order valence-corrected chi connectivity index (χ2v) is 7.41. The first-order chi connectivity index (χ1) is 13.5. The molecule has 2 heterocycles. The van der Waals surface area contributed by atoms with Crippen molar-refractivity contribution >= 4 is 23.5 Å². The number of phenolic OH excluding ortho intramolecular Hbond substituents is 1. The highest BCUT2D eigenvalue weighted by Crippen LogP contribution is 2.35. The Bertz CT molecular complexity index is 1100. The smallest absolute Gasteiger partial charge is 0.257 e. The zero-order valence-electron chi connectivity index (χ0n) is 14.6. The number of rotatable bonds is 4. The van der Waals surface area contributed by atoms with Crippen LogP contribution in [0, 0.1) is 5.82 Å². The highest BCUT2D eigenvalue weighted by molar-refractivity contribution is 7.98. The third kappa shape index (κ3) is 3.77. The fourth-order valence-electron chi connectivity index (χ4n) is 3.18. The lowest BCUT2D eigenvalue weighted by Crippen LogP contribution is -2.31. The summed E-state index contributed by atoms with van der Waals surface area (Å²) in [6.45, 7) is 0. The van der Waals surface area contributed by atoms with Gasteiger partial charge in [0.1, 0.15) is 17.4 Å². The number of H-pyrrole nitrogens is 1. The topological polar surface area (TPSA) is 95.1 Å². The van der Waals surface area contributed by atoms with E-state index in [9.17, 15) is 19.1 Å². The van der Waals surface area contributed by atoms with E-state index in [4.69, 9.17) is 0 Å². The van der Waals surface area contributed by atoms with Crippen LogP contribution in [0.4, 0.5) is 10.2 Å². The SMILES string of the molecule is O=C1C[C@@H](c2cccc(O)c2)c2c(nc(SCc3ccc(F)cc3)[nH]c2=O)N1. The zero-order valence-corrected chi connectivity index (χ0v) is 15.4. The predicted molar refractivity (Wildman–Crippen MR) is 104 cm³/mol. The molecule has 142 valence electrons. The lowest BCUT2D eigenvalue weighted by atomic mass is 9.87. The Balaban J connectivity index is 1.65. The molecule has 6 nitrogen and oxygen atoms in total. The van der Waals surface area contributed by atoms with Crippen LogP contribution in [0.3, 0.4) is 0 Å². The van der Waals surface area contributed by atoms with Crippen molar-refractivity contribution in [1.82, 2.24) is 9.97 Å². The van der Waals surface area contributed by atoms with Crippen LogP contribution in [0.1, 0.15) is 29.0 Å². The highest BCUT2D eigenvalue weighted by atomic mass is 32.2. The van der Waals surface area contributed by atoms with Crippen LogP contribution >= 0.6 is 11.8 Å². The van der Waals surface area contributed by atoms with Crippen molar-refractivity contribution in [2.75, 3.05) is 5.32 Å². The monoisotopic (exact) mass is 397 g/mol. The molecule has 0 aliphatic carbocycles. The Morgan fingerprint density at radius 1 is 1.18 bits per heavy atom. The molecule has 28 heavy (non-hydrogen) atoms. The molecule has 0 spiro atoms. The molecular weight excluding hydrogens is 381 g/mol. The Labute approximate surface area is 163 Å². The number of anilines is 1. The lowest BCUT2D eigenvalue weighted by Gasteiger charge is -2.24. The summed E-state index contributed by atoms with van der Waals surface area (Å²) in [4.78, 5) is 32.1. The van der Waals surface area contributed by atoms with Gasteiger partial charge in [0.25, 0.3) is 5.56 Å². The van der Waals surface area contributed by atoms with Gasteiger partial charge in [0.2, 0.25) is 5.91 Å². The average Bonchev–Trinajstić information content (AvgIpc) is 2.66. The third-order valence-corrected chi connectivity index (χ3v) is 5.44. The van der Waals surface area contributed by atoms with E-state index in [0.29, 0.717) is 22.0 Å². The number of carbonyl (C=O) groups excluding carboxylic acids is 1. The van der Waals surface area contributed by atoms with E-state index in [2.05, 4.69) is 15.3 Å². The van der Waals surface area contributed by atoms with Crippen LogP contribution in [-0.2, 0) is 10.5 Å². The van der Waals surface area contributed by atoms with E-state index >= 15 is 0 Å². The van der Waals surface area contributed by atoms with Gasteiger partial charge in [-0.3, -0.25) is 9.59 Å². The minimum atomic E-state index is -0.483. The van der Waals surface area contributed by atoms with Gasteiger partial charge in [0.05, 0.1) is 5.56 Å². The first-order valence-corrected chi connectivity index (χ1v) is 9.58. The Morgan fingerprint density at radius 3 is 2.71 bits per heavy atom. The molecule has 1 amide bonds. The number of hydrogen-bond acceptors (Lipinski definition) is 5. The Hall–Kier alpha value is -3.13. The van der Waals surface area contributed by atoms with Gasteiger partial charge in [-0.2, -0.15) is 0 Å². The fraction of sp³-hybridized carbons (Fsp3) is 0.150. The normalized spacial score (nSPS) is 15.8. The second-order valence-electron chi connectivity index (χ2n) is 6.45. The summed E-state index contributed by atoms with van der Waals surface area (Å²) < 4.78 is 13.0. The standard InChI is InChI=1S/C20H16FN3O3S/c21-13-6-4-11(5-7-13)10-28-20-23-18-17(19(27)24-20)15(9-16(26)22-18)12-2-1-3-14(25)8-12/h1-8,15,25H,9-10H2,(H2,22,23,24,26,27)/t15-/m0/s1. The molecule has 1 aliphatic rings. The maximum atomic E-state index is 13.0. The Kier molecular flexibility index (Phi) is 4.87. The molecule has 0 saturated carbocycles. The van der Waals surface area contributed by atoms with Crippen molar-refractivity contribution in [3.8, 4) is 5.75 Å². The molecule has 0 radical (unpaired) electrons. The quantitative estimate of drug-likeness (QED) is 0.463. The van der Waals surface area contributed by atoms with E-state index in [0.717, 1.165) is 5.56 Å². The van der Waals surface area contributed by atoms with E-state index in [-0.39, 0.29) is 35.3 Å². The number of amides is 1. The summed E-state index contributed by atoms with van der Waals surface area (Å²) in [7, 11) is 0. The highest BCUT2D eigenvalue weighted by Gasteiger charge is 2.31. The molecule has 2 aromatic carbocycles. The van der Waals surface area contributed by atoms with Crippen LogP contribution in [-0.4, -0.2) is 21.0 Å². The van der Waals surface area contributed by atoms with Gasteiger partial charge in [-0.15, -0.1) is 0 Å². The molecule has 3 N–H and O–H groups in total. The molecule has 4 rings (SSSR count). The number of fused-ring (bicyclic) bond motifs is 1. The van der Waals surface area contributed by atoms with Gasteiger partial charge in [0.15, 0.2) is 5.16 Å². The van der Waals surface area contributed by atoms with Crippen molar-refractivity contribution in [3.63, 3.8) is 0 Å². The van der Waals surface area contributed by atoms with Crippen LogP contribution in [0.5, 0.6) is 5.75 Å². The molecule has 0 unspecified atom stereocenters. The van der Waals surface area contributed by atoms with Crippen LogP contribution in [0.15, 0.2) is 58.5 Å². The minimum Gasteiger partial charge on any atom is -0.508 e. The molecule has 0 bridgehead atoms. The largest absolute Gasteiger partial charge is 0.508 e. The molecule has 1 aliphatic heterocycles. The summed E-state index contributed by atoms with van der Waals surface area (Å²) in [6, 6.07) is 12.6. The maximum Gasteiger partial charge on any atom is 0.257 e. The summed E-state index contributed by atoms with van der Waals surface area (Å²) in [5.74, 6) is -0.242. The van der Waals surface area contributed by atoms with Gasteiger partial charge < -0.3 is 15.4 Å². The third-order valence-electron chi connectivity index (χ3n) is 4.49. The summed E-state index contributed by atoms with van der Waals surface area (Å²) in [5.41, 5.74) is 1.60. The molecule has 8 heteroatoms. The van der Waals surface area contributed by atoms with Crippen molar-refractivity contribution in [2.45, 2.75) is 23.2 Å². The van der Waals surface area contributed by atoms with Crippen LogP contribution < -0.4 is 10.9 Å². The van der Waals surface area contributed by atoms with Gasteiger partial charge in [-0.25, -0.2) is 9.37 Å². The first kappa shape index (κ1) is 18.2. The van der Waals surface area contributed by atoms with Crippen LogP contribution in [0.2, 0.25) is 0 Å².